The zero-order chi connectivity index (χ0) is 11.7. The fraction of sp³-hybridized carbons (Fsp3) is 0.500. The van der Waals surface area contributed by atoms with Crippen LogP contribution in [0.1, 0.15) is 12.8 Å². The van der Waals surface area contributed by atoms with E-state index < -0.39 is 0 Å². The molecule has 88 valence electrons. The topological polar surface area (TPSA) is 71.2 Å². The Morgan fingerprint density at radius 3 is 2.75 bits per heavy atom. The number of hydrogen-bond donors (Lipinski definition) is 3. The number of aliphatic hydroxyl groups excluding tert-OH is 1. The van der Waals surface area contributed by atoms with Crippen LogP contribution in [-0.2, 0) is 0 Å². The second-order valence-corrected chi connectivity index (χ2v) is 4.87. The lowest BCUT2D eigenvalue weighted by Gasteiger charge is -2.31. The highest BCUT2D eigenvalue weighted by Gasteiger charge is 2.26. The fourth-order valence-electron chi connectivity index (χ4n) is 1.71. The van der Waals surface area contributed by atoms with Crippen molar-refractivity contribution in [1.29, 1.82) is 0 Å². The number of nitrogens with two attached hydrogens (primary N) is 1. The summed E-state index contributed by atoms with van der Waals surface area (Å²) in [4.78, 5) is 4.06. The van der Waals surface area contributed by atoms with Crippen LogP contribution in [0.25, 0.3) is 0 Å². The maximum absolute atomic E-state index is 9.14. The zero-order valence-corrected chi connectivity index (χ0v) is 10.1. The maximum Gasteiger partial charge on any atom is 0.147 e. The Bertz CT molecular complexity index is 394. The molecule has 1 saturated carbocycles. The Morgan fingerprint density at radius 1 is 1.44 bits per heavy atom. The van der Waals surface area contributed by atoms with Crippen molar-refractivity contribution in [1.82, 2.24) is 4.98 Å². The number of pyridine rings is 1. The molecule has 2 rings (SSSR count). The predicted octanol–water partition coefficient (Wildman–Crippen LogP) is 2.15. The van der Waals surface area contributed by atoms with Crippen LogP contribution in [0.5, 0.6) is 0 Å². The summed E-state index contributed by atoms with van der Waals surface area (Å²) in [6.45, 7) is 0.741. The Labute approximate surface area is 104 Å². The number of nitrogen functional groups attached to an aromatic ring is 1. The average Bonchev–Trinajstić information content (AvgIpc) is 2.18. The molecule has 0 radical (unpaired) electrons. The molecule has 0 atom stereocenters. The minimum Gasteiger partial charge on any atom is -0.393 e. The molecule has 1 aromatic rings. The Kier molecular flexibility index (Phi) is 3.42. The molecule has 6 heteroatoms. The number of anilines is 2. The molecule has 4 nitrogen and oxygen atoms in total. The number of halogens is 2. The molecule has 4 N–H and O–H groups in total. The third-order valence-corrected chi connectivity index (χ3v) is 3.32. The van der Waals surface area contributed by atoms with Crippen molar-refractivity contribution in [2.24, 2.45) is 5.92 Å². The van der Waals surface area contributed by atoms with Gasteiger partial charge in [-0.2, -0.15) is 0 Å². The van der Waals surface area contributed by atoms with Crippen LogP contribution in [-0.4, -0.2) is 22.7 Å². The van der Waals surface area contributed by atoms with Gasteiger partial charge in [-0.15, -0.1) is 0 Å². The lowest BCUT2D eigenvalue weighted by atomic mass is 9.82. The summed E-state index contributed by atoms with van der Waals surface area (Å²) in [7, 11) is 0. The molecule has 16 heavy (non-hydrogen) atoms. The van der Waals surface area contributed by atoms with Gasteiger partial charge in [-0.05, 0) is 24.8 Å². The SMILES string of the molecule is Nc1nc(NCC2CC(O)C2)c(Cl)cc1Cl. The van der Waals surface area contributed by atoms with Gasteiger partial charge in [0, 0.05) is 6.54 Å². The highest BCUT2D eigenvalue weighted by molar-refractivity contribution is 6.37. The molecule has 1 aliphatic carbocycles. The van der Waals surface area contributed by atoms with E-state index in [0.717, 1.165) is 19.4 Å². The molecule has 0 bridgehead atoms. The van der Waals surface area contributed by atoms with Gasteiger partial charge in [-0.1, -0.05) is 23.2 Å². The zero-order valence-electron chi connectivity index (χ0n) is 8.58. The van der Waals surface area contributed by atoms with Crippen LogP contribution in [0, 0.1) is 5.92 Å². The van der Waals surface area contributed by atoms with Crippen LogP contribution >= 0.6 is 23.2 Å². The first kappa shape index (κ1) is 11.8. The number of hydrogen-bond acceptors (Lipinski definition) is 4. The van der Waals surface area contributed by atoms with Crippen LogP contribution in [0.2, 0.25) is 10.0 Å². The quantitative estimate of drug-likeness (QED) is 0.780. The number of rotatable bonds is 3. The van der Waals surface area contributed by atoms with E-state index in [2.05, 4.69) is 10.3 Å². The smallest absolute Gasteiger partial charge is 0.147 e. The monoisotopic (exact) mass is 261 g/mol. The summed E-state index contributed by atoms with van der Waals surface area (Å²) in [5.41, 5.74) is 5.58. The lowest BCUT2D eigenvalue weighted by molar-refractivity contribution is 0.0486. The predicted molar refractivity (Wildman–Crippen MR) is 65.9 cm³/mol. The number of aliphatic hydroxyl groups is 1. The summed E-state index contributed by atoms with van der Waals surface area (Å²) >= 11 is 11.7. The van der Waals surface area contributed by atoms with Gasteiger partial charge in [-0.3, -0.25) is 0 Å². The van der Waals surface area contributed by atoms with Gasteiger partial charge in [-0.25, -0.2) is 4.98 Å². The van der Waals surface area contributed by atoms with Crippen LogP contribution in [0.3, 0.4) is 0 Å². The van der Waals surface area contributed by atoms with Crippen molar-refractivity contribution < 1.29 is 5.11 Å². The first-order valence-corrected chi connectivity index (χ1v) is 5.85. The van der Waals surface area contributed by atoms with E-state index in [-0.39, 0.29) is 11.9 Å². The standard InChI is InChI=1S/C10H13Cl2N3O/c11-7-3-8(12)10(15-9(7)13)14-4-5-1-6(16)2-5/h3,5-6,16H,1-2,4H2,(H3,13,14,15). The van der Waals surface area contributed by atoms with Gasteiger partial charge in [0.25, 0.3) is 0 Å². The first-order valence-electron chi connectivity index (χ1n) is 5.09. The lowest BCUT2D eigenvalue weighted by Crippen LogP contribution is -2.33. The first-order chi connectivity index (χ1) is 7.56. The van der Waals surface area contributed by atoms with Crippen molar-refractivity contribution in [2.45, 2.75) is 18.9 Å². The maximum atomic E-state index is 9.14. The molecular formula is C10H13Cl2N3O. The molecule has 0 saturated heterocycles. The average molecular weight is 262 g/mol. The minimum absolute atomic E-state index is 0.148. The second-order valence-electron chi connectivity index (χ2n) is 4.06. The van der Waals surface area contributed by atoms with E-state index in [9.17, 15) is 0 Å². The number of nitrogens with zero attached hydrogens (tertiary/aromatic N) is 1. The highest BCUT2D eigenvalue weighted by Crippen LogP contribution is 2.30. The van der Waals surface area contributed by atoms with E-state index in [1.807, 2.05) is 0 Å². The fourth-order valence-corrected chi connectivity index (χ4v) is 2.14. The highest BCUT2D eigenvalue weighted by atomic mass is 35.5. The van der Waals surface area contributed by atoms with Gasteiger partial charge >= 0.3 is 0 Å². The van der Waals surface area contributed by atoms with Gasteiger partial charge < -0.3 is 16.2 Å². The number of nitrogens with one attached hydrogen (secondary N) is 1. The minimum atomic E-state index is -0.148. The summed E-state index contributed by atoms with van der Waals surface area (Å²) in [6.07, 6.45) is 1.51. The van der Waals surface area contributed by atoms with Gasteiger partial charge in [0.2, 0.25) is 0 Å². The van der Waals surface area contributed by atoms with Crippen LogP contribution in [0.15, 0.2) is 6.07 Å². The molecule has 1 aliphatic rings. The Morgan fingerprint density at radius 2 is 2.12 bits per heavy atom. The van der Waals surface area contributed by atoms with E-state index in [1.54, 1.807) is 6.07 Å². The molecule has 1 fully saturated rings. The van der Waals surface area contributed by atoms with Crippen molar-refractivity contribution >= 4 is 34.8 Å². The van der Waals surface area contributed by atoms with E-state index in [4.69, 9.17) is 34.0 Å². The Balaban J connectivity index is 1.96. The van der Waals surface area contributed by atoms with E-state index in [1.165, 1.54) is 0 Å². The van der Waals surface area contributed by atoms with E-state index >= 15 is 0 Å². The molecule has 0 aliphatic heterocycles. The summed E-state index contributed by atoms with van der Waals surface area (Å²) in [5.74, 6) is 1.29. The molecule has 0 unspecified atom stereocenters. The second kappa shape index (κ2) is 4.65. The third kappa shape index (κ3) is 2.51. The largest absolute Gasteiger partial charge is 0.393 e. The van der Waals surface area contributed by atoms with Crippen molar-refractivity contribution in [3.05, 3.63) is 16.1 Å². The van der Waals surface area contributed by atoms with Crippen molar-refractivity contribution in [3.63, 3.8) is 0 Å². The molecular weight excluding hydrogens is 249 g/mol. The summed E-state index contributed by atoms with van der Waals surface area (Å²) in [6, 6.07) is 1.57. The van der Waals surface area contributed by atoms with Gasteiger partial charge in [0.15, 0.2) is 0 Å². The summed E-state index contributed by atoms with van der Waals surface area (Å²) < 4.78 is 0. The molecule has 0 amide bonds. The molecule has 1 heterocycles. The molecule has 1 aromatic heterocycles. The van der Waals surface area contributed by atoms with Crippen LogP contribution < -0.4 is 11.1 Å². The van der Waals surface area contributed by atoms with E-state index in [0.29, 0.717) is 21.8 Å². The van der Waals surface area contributed by atoms with Crippen LogP contribution in [0.4, 0.5) is 11.6 Å². The molecule has 0 spiro atoms. The van der Waals surface area contributed by atoms with Crippen molar-refractivity contribution in [3.8, 4) is 0 Å². The van der Waals surface area contributed by atoms with Crippen molar-refractivity contribution in [2.75, 3.05) is 17.6 Å². The Hall–Kier alpha value is -0.710. The normalized spacial score (nSPS) is 23.9. The van der Waals surface area contributed by atoms with Gasteiger partial charge in [0.1, 0.15) is 11.6 Å². The molecule has 0 aromatic carbocycles. The third-order valence-electron chi connectivity index (χ3n) is 2.73. The summed E-state index contributed by atoms with van der Waals surface area (Å²) in [5, 5.41) is 13.1. The number of aromatic nitrogens is 1. The van der Waals surface area contributed by atoms with Gasteiger partial charge in [0.05, 0.1) is 16.1 Å².